The van der Waals surface area contributed by atoms with Crippen molar-refractivity contribution in [2.75, 3.05) is 5.75 Å². The van der Waals surface area contributed by atoms with Crippen molar-refractivity contribution < 1.29 is 12.8 Å². The van der Waals surface area contributed by atoms with Crippen LogP contribution in [0.1, 0.15) is 30.9 Å². The Labute approximate surface area is 141 Å². The molecule has 1 aromatic heterocycles. The van der Waals surface area contributed by atoms with Crippen LogP contribution in [0, 0.1) is 0 Å². The third-order valence-electron chi connectivity index (χ3n) is 3.92. The summed E-state index contributed by atoms with van der Waals surface area (Å²) < 4.78 is 29.5. The van der Waals surface area contributed by atoms with E-state index in [1.807, 2.05) is 18.2 Å². The topological polar surface area (TPSA) is 60.2 Å². The van der Waals surface area contributed by atoms with E-state index >= 15 is 0 Å². The number of nitrogens with zero attached hydrogens (tertiary/aromatic N) is 1. The van der Waals surface area contributed by atoms with E-state index < -0.39 is 9.84 Å². The summed E-state index contributed by atoms with van der Waals surface area (Å²) in [5, 5.41) is 0. The molecule has 0 saturated heterocycles. The van der Waals surface area contributed by atoms with Gasteiger partial charge in [-0.3, -0.25) is 0 Å². The molecule has 0 saturated carbocycles. The van der Waals surface area contributed by atoms with Crippen LogP contribution in [0.3, 0.4) is 0 Å². The minimum Gasteiger partial charge on any atom is -0.437 e. The van der Waals surface area contributed by atoms with Gasteiger partial charge in [0.25, 0.3) is 0 Å². The van der Waals surface area contributed by atoms with Gasteiger partial charge in [0.05, 0.1) is 10.6 Å². The van der Waals surface area contributed by atoms with Crippen molar-refractivity contribution in [1.29, 1.82) is 0 Å². The van der Waals surface area contributed by atoms with Crippen molar-refractivity contribution in [3.8, 4) is 0 Å². The van der Waals surface area contributed by atoms with Gasteiger partial charge in [0, 0.05) is 6.08 Å². The molecule has 0 radical (unpaired) electrons. The van der Waals surface area contributed by atoms with Gasteiger partial charge in [-0.2, -0.15) is 0 Å². The van der Waals surface area contributed by atoms with Crippen molar-refractivity contribution in [2.24, 2.45) is 0 Å². The molecule has 124 valence electrons. The summed E-state index contributed by atoms with van der Waals surface area (Å²) in [6.45, 7) is 3.75. The van der Waals surface area contributed by atoms with Crippen LogP contribution in [-0.4, -0.2) is 19.2 Å². The van der Waals surface area contributed by atoms with E-state index in [9.17, 15) is 8.42 Å². The SMILES string of the molecule is CCc1ccc(/C=C/c2nc3cc(S(=O)(=O)CC)ccc3o2)cc1. The largest absolute Gasteiger partial charge is 0.437 e. The number of hydrogen-bond donors (Lipinski definition) is 0. The maximum absolute atomic E-state index is 11.9. The number of rotatable bonds is 5. The first kappa shape index (κ1) is 16.5. The van der Waals surface area contributed by atoms with Gasteiger partial charge in [-0.1, -0.05) is 38.1 Å². The van der Waals surface area contributed by atoms with Gasteiger partial charge in [-0.05, 0) is 41.8 Å². The summed E-state index contributed by atoms with van der Waals surface area (Å²) in [6.07, 6.45) is 4.72. The quantitative estimate of drug-likeness (QED) is 0.692. The number of aryl methyl sites for hydroxylation is 1. The summed E-state index contributed by atoms with van der Waals surface area (Å²) in [5.41, 5.74) is 3.47. The summed E-state index contributed by atoms with van der Waals surface area (Å²) in [4.78, 5) is 4.63. The van der Waals surface area contributed by atoms with Crippen LogP contribution in [0.2, 0.25) is 0 Å². The molecule has 0 N–H and O–H groups in total. The van der Waals surface area contributed by atoms with Crippen LogP contribution >= 0.6 is 0 Å². The normalized spacial score (nSPS) is 12.2. The van der Waals surface area contributed by atoms with Crippen LogP contribution in [0.5, 0.6) is 0 Å². The van der Waals surface area contributed by atoms with Gasteiger partial charge < -0.3 is 4.42 Å². The Bertz CT molecular complexity index is 983. The predicted molar refractivity (Wildman–Crippen MR) is 96.5 cm³/mol. The number of oxazole rings is 1. The zero-order valence-electron chi connectivity index (χ0n) is 13.7. The summed E-state index contributed by atoms with van der Waals surface area (Å²) in [5.74, 6) is 0.521. The molecule has 0 aliphatic rings. The second kappa shape index (κ2) is 6.61. The fourth-order valence-electron chi connectivity index (χ4n) is 2.39. The predicted octanol–water partition coefficient (Wildman–Crippen LogP) is 4.35. The minimum atomic E-state index is -3.24. The molecule has 0 aliphatic heterocycles. The van der Waals surface area contributed by atoms with Crippen molar-refractivity contribution in [1.82, 2.24) is 4.98 Å². The molecule has 2 aromatic carbocycles. The second-order valence-electron chi connectivity index (χ2n) is 5.51. The van der Waals surface area contributed by atoms with Crippen LogP contribution in [0.25, 0.3) is 23.3 Å². The minimum absolute atomic E-state index is 0.0663. The van der Waals surface area contributed by atoms with Crippen LogP contribution in [0.15, 0.2) is 51.8 Å². The zero-order valence-corrected chi connectivity index (χ0v) is 14.5. The van der Waals surface area contributed by atoms with E-state index in [-0.39, 0.29) is 10.6 Å². The highest BCUT2D eigenvalue weighted by molar-refractivity contribution is 7.91. The molecular formula is C19H19NO3S. The van der Waals surface area contributed by atoms with Crippen molar-refractivity contribution in [3.05, 3.63) is 59.5 Å². The Kier molecular flexibility index (Phi) is 4.53. The lowest BCUT2D eigenvalue weighted by atomic mass is 10.1. The van der Waals surface area contributed by atoms with Gasteiger partial charge in [0.2, 0.25) is 5.89 Å². The summed E-state index contributed by atoms with van der Waals surface area (Å²) in [7, 11) is -3.24. The van der Waals surface area contributed by atoms with Gasteiger partial charge in [-0.15, -0.1) is 0 Å². The molecule has 3 aromatic rings. The van der Waals surface area contributed by atoms with E-state index in [1.165, 1.54) is 5.56 Å². The average Bonchev–Trinajstić information content (AvgIpc) is 3.02. The van der Waals surface area contributed by atoms with Crippen molar-refractivity contribution in [2.45, 2.75) is 25.2 Å². The van der Waals surface area contributed by atoms with Crippen LogP contribution < -0.4 is 0 Å². The summed E-state index contributed by atoms with van der Waals surface area (Å²) >= 11 is 0. The number of fused-ring (bicyclic) bond motifs is 1. The maximum Gasteiger partial charge on any atom is 0.220 e. The zero-order chi connectivity index (χ0) is 17.2. The number of hydrogen-bond acceptors (Lipinski definition) is 4. The Balaban J connectivity index is 1.88. The molecule has 0 fully saturated rings. The van der Waals surface area contributed by atoms with E-state index in [1.54, 1.807) is 31.2 Å². The molecule has 0 spiro atoms. The van der Waals surface area contributed by atoms with E-state index in [0.717, 1.165) is 12.0 Å². The third-order valence-corrected chi connectivity index (χ3v) is 5.65. The molecule has 3 rings (SSSR count). The van der Waals surface area contributed by atoms with Gasteiger partial charge >= 0.3 is 0 Å². The fraction of sp³-hybridized carbons (Fsp3) is 0.211. The number of benzene rings is 2. The lowest BCUT2D eigenvalue weighted by Gasteiger charge is -1.99. The molecular weight excluding hydrogens is 322 g/mol. The number of aromatic nitrogens is 1. The molecule has 0 unspecified atom stereocenters. The van der Waals surface area contributed by atoms with E-state index in [2.05, 4.69) is 24.0 Å². The molecule has 24 heavy (non-hydrogen) atoms. The Morgan fingerprint density at radius 2 is 1.79 bits per heavy atom. The first-order valence-corrected chi connectivity index (χ1v) is 9.57. The highest BCUT2D eigenvalue weighted by Crippen LogP contribution is 2.22. The fourth-order valence-corrected chi connectivity index (χ4v) is 3.29. The van der Waals surface area contributed by atoms with Gasteiger partial charge in [0.1, 0.15) is 5.52 Å². The summed E-state index contributed by atoms with van der Waals surface area (Å²) in [6, 6.07) is 13.0. The van der Waals surface area contributed by atoms with E-state index in [4.69, 9.17) is 4.42 Å². The van der Waals surface area contributed by atoms with Crippen molar-refractivity contribution >= 4 is 33.1 Å². The Hall–Kier alpha value is -2.40. The number of sulfone groups is 1. The smallest absolute Gasteiger partial charge is 0.220 e. The van der Waals surface area contributed by atoms with Crippen molar-refractivity contribution in [3.63, 3.8) is 0 Å². The van der Waals surface area contributed by atoms with Gasteiger partial charge in [0.15, 0.2) is 15.4 Å². The maximum atomic E-state index is 11.9. The van der Waals surface area contributed by atoms with Crippen LogP contribution in [0.4, 0.5) is 0 Å². The first-order valence-electron chi connectivity index (χ1n) is 7.92. The molecule has 0 aliphatic carbocycles. The molecule has 0 atom stereocenters. The first-order chi connectivity index (χ1) is 11.5. The molecule has 0 amide bonds. The third kappa shape index (κ3) is 3.41. The highest BCUT2D eigenvalue weighted by atomic mass is 32.2. The van der Waals surface area contributed by atoms with Gasteiger partial charge in [-0.25, -0.2) is 13.4 Å². The lowest BCUT2D eigenvalue weighted by Crippen LogP contribution is -2.03. The second-order valence-corrected chi connectivity index (χ2v) is 7.79. The Morgan fingerprint density at radius 1 is 1.04 bits per heavy atom. The average molecular weight is 341 g/mol. The molecule has 1 heterocycles. The van der Waals surface area contributed by atoms with Crippen LogP contribution in [-0.2, 0) is 16.3 Å². The molecule has 4 nitrogen and oxygen atoms in total. The molecule has 0 bridgehead atoms. The standard InChI is InChI=1S/C19H19NO3S/c1-3-14-5-7-15(8-6-14)9-12-19-20-17-13-16(24(21,22)4-2)10-11-18(17)23-19/h5-13H,3-4H2,1-2H3/b12-9+. The lowest BCUT2D eigenvalue weighted by molar-refractivity contribution is 0.589. The van der Waals surface area contributed by atoms with E-state index in [0.29, 0.717) is 17.0 Å². The molecule has 5 heteroatoms. The monoisotopic (exact) mass is 341 g/mol. The highest BCUT2D eigenvalue weighted by Gasteiger charge is 2.13. The Morgan fingerprint density at radius 3 is 2.46 bits per heavy atom.